The van der Waals surface area contributed by atoms with Crippen LogP contribution in [0.3, 0.4) is 0 Å². The van der Waals surface area contributed by atoms with Gasteiger partial charge >= 0.3 is 6.18 Å². The molecule has 0 radical (unpaired) electrons. The van der Waals surface area contributed by atoms with Crippen molar-refractivity contribution in [1.29, 1.82) is 0 Å². The van der Waals surface area contributed by atoms with E-state index in [4.69, 9.17) is 5.73 Å². The summed E-state index contributed by atoms with van der Waals surface area (Å²) in [6.45, 7) is 1.20. The third-order valence-corrected chi connectivity index (χ3v) is 3.52. The molecule has 2 atom stereocenters. The summed E-state index contributed by atoms with van der Waals surface area (Å²) in [4.78, 5) is 1.42. The highest BCUT2D eigenvalue weighted by Gasteiger charge is 2.38. The fraction of sp³-hybridized carbons (Fsp3) is 0.538. The molecule has 2 nitrogen and oxygen atoms in total. The number of benzene rings is 1. The molecule has 1 aliphatic carbocycles. The highest BCUT2D eigenvalue weighted by Crippen LogP contribution is 2.33. The number of hydrogen-bond donors (Lipinski definition) is 1. The SMILES string of the molecule is CCN(CC(F)(F)F)C1Cc2ccccc2C1N. The predicted octanol–water partition coefficient (Wildman–Crippen LogP) is 2.50. The normalized spacial score (nSPS) is 23.4. The zero-order valence-corrected chi connectivity index (χ0v) is 10.2. The van der Waals surface area contributed by atoms with Gasteiger partial charge in [0, 0.05) is 12.1 Å². The van der Waals surface area contributed by atoms with Crippen molar-refractivity contribution in [3.8, 4) is 0 Å². The smallest absolute Gasteiger partial charge is 0.323 e. The number of alkyl halides is 3. The zero-order chi connectivity index (χ0) is 13.3. The van der Waals surface area contributed by atoms with Gasteiger partial charge in [-0.2, -0.15) is 13.2 Å². The molecule has 0 bridgehead atoms. The summed E-state index contributed by atoms with van der Waals surface area (Å²) < 4.78 is 37.6. The van der Waals surface area contributed by atoms with E-state index in [1.54, 1.807) is 6.92 Å². The van der Waals surface area contributed by atoms with Crippen LogP contribution in [-0.4, -0.2) is 30.2 Å². The standard InChI is InChI=1S/C13H17F3N2/c1-2-18(8-13(14,15)16)11-7-9-5-3-4-6-10(9)12(11)17/h3-6,11-12H,2,7-8,17H2,1H3. The monoisotopic (exact) mass is 258 g/mol. The summed E-state index contributed by atoms with van der Waals surface area (Å²) in [6.07, 6.45) is -3.58. The Morgan fingerprint density at radius 2 is 2.00 bits per heavy atom. The zero-order valence-electron chi connectivity index (χ0n) is 10.2. The maximum absolute atomic E-state index is 12.5. The van der Waals surface area contributed by atoms with Gasteiger partial charge in [0.25, 0.3) is 0 Å². The summed E-state index contributed by atoms with van der Waals surface area (Å²) >= 11 is 0. The number of likely N-dealkylation sites (N-methyl/N-ethyl adjacent to an activating group) is 1. The number of halogens is 3. The molecule has 0 saturated carbocycles. The quantitative estimate of drug-likeness (QED) is 0.902. The highest BCUT2D eigenvalue weighted by atomic mass is 19.4. The van der Waals surface area contributed by atoms with E-state index in [1.165, 1.54) is 4.90 Å². The van der Waals surface area contributed by atoms with Crippen LogP contribution in [0.5, 0.6) is 0 Å². The summed E-state index contributed by atoms with van der Waals surface area (Å²) in [6, 6.07) is 7.03. The second-order valence-electron chi connectivity index (χ2n) is 4.67. The van der Waals surface area contributed by atoms with Crippen LogP contribution >= 0.6 is 0 Å². The number of nitrogens with two attached hydrogens (primary N) is 1. The van der Waals surface area contributed by atoms with Crippen LogP contribution in [0.1, 0.15) is 24.1 Å². The molecule has 1 aromatic carbocycles. The van der Waals surface area contributed by atoms with Crippen LogP contribution in [0.2, 0.25) is 0 Å². The molecule has 0 fully saturated rings. The molecule has 2 N–H and O–H groups in total. The van der Waals surface area contributed by atoms with Gasteiger partial charge in [0.15, 0.2) is 0 Å². The van der Waals surface area contributed by atoms with Crippen LogP contribution in [0.4, 0.5) is 13.2 Å². The van der Waals surface area contributed by atoms with Gasteiger partial charge in [-0.15, -0.1) is 0 Å². The highest BCUT2D eigenvalue weighted by molar-refractivity contribution is 5.36. The average Bonchev–Trinajstić information content (AvgIpc) is 2.63. The van der Waals surface area contributed by atoms with E-state index < -0.39 is 12.7 Å². The first-order valence-corrected chi connectivity index (χ1v) is 6.06. The molecule has 0 aromatic heterocycles. The second-order valence-corrected chi connectivity index (χ2v) is 4.67. The van der Waals surface area contributed by atoms with E-state index in [2.05, 4.69) is 0 Å². The molecule has 18 heavy (non-hydrogen) atoms. The summed E-state index contributed by atoms with van der Waals surface area (Å²) in [7, 11) is 0. The number of nitrogens with zero attached hydrogens (tertiary/aromatic N) is 1. The number of hydrogen-bond acceptors (Lipinski definition) is 2. The third kappa shape index (κ3) is 2.67. The van der Waals surface area contributed by atoms with Crippen molar-refractivity contribution in [2.75, 3.05) is 13.1 Å². The van der Waals surface area contributed by atoms with Gasteiger partial charge in [-0.3, -0.25) is 4.90 Å². The predicted molar refractivity (Wildman–Crippen MR) is 64.2 cm³/mol. The van der Waals surface area contributed by atoms with Gasteiger partial charge in [0.1, 0.15) is 0 Å². The molecule has 0 saturated heterocycles. The first-order chi connectivity index (χ1) is 8.42. The molecule has 1 aromatic rings. The lowest BCUT2D eigenvalue weighted by molar-refractivity contribution is -0.150. The minimum atomic E-state index is -4.18. The molecule has 0 amide bonds. The Hall–Kier alpha value is -1.07. The molecule has 0 heterocycles. The van der Waals surface area contributed by atoms with Crippen LogP contribution in [-0.2, 0) is 6.42 Å². The summed E-state index contributed by atoms with van der Waals surface area (Å²) in [5.74, 6) is 0. The van der Waals surface area contributed by atoms with Gasteiger partial charge in [0.2, 0.25) is 0 Å². The van der Waals surface area contributed by atoms with Crippen molar-refractivity contribution in [3.63, 3.8) is 0 Å². The van der Waals surface area contributed by atoms with Gasteiger partial charge in [-0.25, -0.2) is 0 Å². The van der Waals surface area contributed by atoms with Crippen LogP contribution in [0, 0.1) is 0 Å². The van der Waals surface area contributed by atoms with Gasteiger partial charge < -0.3 is 5.73 Å². The lowest BCUT2D eigenvalue weighted by Gasteiger charge is -2.31. The molecular formula is C13H17F3N2. The topological polar surface area (TPSA) is 29.3 Å². The largest absolute Gasteiger partial charge is 0.401 e. The van der Waals surface area contributed by atoms with E-state index in [0.29, 0.717) is 13.0 Å². The molecule has 2 rings (SSSR count). The minimum Gasteiger partial charge on any atom is -0.323 e. The third-order valence-electron chi connectivity index (χ3n) is 3.52. The first-order valence-electron chi connectivity index (χ1n) is 6.06. The molecule has 1 aliphatic rings. The van der Waals surface area contributed by atoms with Crippen molar-refractivity contribution < 1.29 is 13.2 Å². The number of fused-ring (bicyclic) bond motifs is 1. The van der Waals surface area contributed by atoms with Crippen molar-refractivity contribution >= 4 is 0 Å². The minimum absolute atomic E-state index is 0.256. The summed E-state index contributed by atoms with van der Waals surface area (Å²) in [5, 5.41) is 0. The van der Waals surface area contributed by atoms with E-state index in [9.17, 15) is 13.2 Å². The Morgan fingerprint density at radius 1 is 1.33 bits per heavy atom. The Morgan fingerprint density at radius 3 is 2.56 bits per heavy atom. The molecule has 5 heteroatoms. The fourth-order valence-electron chi connectivity index (χ4n) is 2.65. The summed E-state index contributed by atoms with van der Waals surface area (Å²) in [5.41, 5.74) is 8.12. The Kier molecular flexibility index (Phi) is 3.64. The molecule has 0 aliphatic heterocycles. The van der Waals surface area contributed by atoms with Crippen molar-refractivity contribution in [1.82, 2.24) is 4.90 Å². The van der Waals surface area contributed by atoms with E-state index in [0.717, 1.165) is 11.1 Å². The second kappa shape index (κ2) is 4.90. The Labute approximate surface area is 105 Å². The fourth-order valence-corrected chi connectivity index (χ4v) is 2.65. The van der Waals surface area contributed by atoms with Crippen molar-refractivity contribution in [2.24, 2.45) is 5.73 Å². The first kappa shape index (κ1) is 13.4. The Bertz CT molecular complexity index is 417. The lowest BCUT2D eigenvalue weighted by atomic mass is 10.1. The molecular weight excluding hydrogens is 241 g/mol. The molecule has 2 unspecified atom stereocenters. The average molecular weight is 258 g/mol. The van der Waals surface area contributed by atoms with E-state index >= 15 is 0 Å². The van der Waals surface area contributed by atoms with Crippen LogP contribution in [0.25, 0.3) is 0 Å². The van der Waals surface area contributed by atoms with E-state index in [1.807, 2.05) is 24.3 Å². The van der Waals surface area contributed by atoms with Crippen molar-refractivity contribution in [3.05, 3.63) is 35.4 Å². The van der Waals surface area contributed by atoms with Crippen LogP contribution < -0.4 is 5.73 Å². The Balaban J connectivity index is 2.16. The maximum Gasteiger partial charge on any atom is 0.401 e. The van der Waals surface area contributed by atoms with Gasteiger partial charge in [-0.1, -0.05) is 31.2 Å². The van der Waals surface area contributed by atoms with E-state index in [-0.39, 0.29) is 12.1 Å². The number of rotatable bonds is 3. The lowest BCUT2D eigenvalue weighted by Crippen LogP contribution is -2.45. The van der Waals surface area contributed by atoms with Gasteiger partial charge in [-0.05, 0) is 24.1 Å². The maximum atomic E-state index is 12.5. The van der Waals surface area contributed by atoms with Gasteiger partial charge in [0.05, 0.1) is 6.54 Å². The molecule has 100 valence electrons. The van der Waals surface area contributed by atoms with Crippen LogP contribution in [0.15, 0.2) is 24.3 Å². The van der Waals surface area contributed by atoms with Crippen molar-refractivity contribution in [2.45, 2.75) is 31.6 Å². The molecule has 0 spiro atoms.